The molecule has 0 saturated carbocycles. The Kier molecular flexibility index (Phi) is 7.28. The second kappa shape index (κ2) is 10.5. The van der Waals surface area contributed by atoms with Gasteiger partial charge in [0.25, 0.3) is 5.91 Å². The molecule has 4 aromatic rings. The van der Waals surface area contributed by atoms with Gasteiger partial charge in [-0.25, -0.2) is 9.97 Å². The summed E-state index contributed by atoms with van der Waals surface area (Å²) in [7, 11) is 0. The number of anilines is 1. The number of rotatable bonds is 6. The van der Waals surface area contributed by atoms with Gasteiger partial charge in [0.2, 0.25) is 5.91 Å². The smallest absolute Gasteiger partial charge is 0.255 e. The predicted octanol–water partition coefficient (Wildman–Crippen LogP) is 4.01. The van der Waals surface area contributed by atoms with Crippen molar-refractivity contribution in [3.8, 4) is 0 Å². The van der Waals surface area contributed by atoms with Crippen LogP contribution in [0.1, 0.15) is 42.5 Å². The number of aryl methyl sites for hydroxylation is 2. The van der Waals surface area contributed by atoms with Crippen LogP contribution in [0.5, 0.6) is 0 Å². The normalized spacial score (nSPS) is 18.3. The summed E-state index contributed by atoms with van der Waals surface area (Å²) in [5.41, 5.74) is 3.48. The highest BCUT2D eigenvalue weighted by molar-refractivity contribution is 6.33. The minimum atomic E-state index is -0.569. The SMILES string of the molecule is Cc1ncnc(C)c1C(=O)N[C@@H](C)CN1CC(C)(C)OCC1C(=O)Nc1cc(Cl)cc2c1[nH]c1cnccc12. The summed E-state index contributed by atoms with van der Waals surface area (Å²) < 4.78 is 6.04. The monoisotopic (exact) mass is 549 g/mol. The Bertz CT molecular complexity index is 1550. The molecule has 11 heteroatoms. The number of hydrogen-bond acceptors (Lipinski definition) is 7. The fourth-order valence-corrected chi connectivity index (χ4v) is 5.45. The third kappa shape index (κ3) is 5.59. The fraction of sp³-hybridized carbons (Fsp3) is 0.393. The number of carbonyl (C=O) groups is 2. The van der Waals surface area contributed by atoms with Crippen molar-refractivity contribution in [3.63, 3.8) is 0 Å². The number of halogens is 1. The summed E-state index contributed by atoms with van der Waals surface area (Å²) >= 11 is 6.44. The largest absolute Gasteiger partial charge is 0.372 e. The number of aromatic amines is 1. The van der Waals surface area contributed by atoms with Crippen LogP contribution in [0.2, 0.25) is 5.02 Å². The highest BCUT2D eigenvalue weighted by Crippen LogP contribution is 2.33. The van der Waals surface area contributed by atoms with Crippen molar-refractivity contribution in [2.24, 2.45) is 0 Å². The van der Waals surface area contributed by atoms with Crippen molar-refractivity contribution in [2.45, 2.75) is 52.3 Å². The van der Waals surface area contributed by atoms with E-state index in [1.54, 1.807) is 32.3 Å². The van der Waals surface area contributed by atoms with Gasteiger partial charge < -0.3 is 20.4 Å². The maximum atomic E-state index is 13.7. The van der Waals surface area contributed by atoms with Crippen LogP contribution in [0.4, 0.5) is 5.69 Å². The molecule has 39 heavy (non-hydrogen) atoms. The van der Waals surface area contributed by atoms with E-state index in [4.69, 9.17) is 16.3 Å². The molecule has 204 valence electrons. The number of nitrogens with one attached hydrogen (secondary N) is 3. The summed E-state index contributed by atoms with van der Waals surface area (Å²) in [6, 6.07) is 4.70. The number of benzene rings is 1. The summed E-state index contributed by atoms with van der Waals surface area (Å²) in [6.07, 6.45) is 4.92. The topological polar surface area (TPSA) is 125 Å². The first-order chi connectivity index (χ1) is 18.5. The third-order valence-electron chi connectivity index (χ3n) is 7.03. The van der Waals surface area contributed by atoms with Crippen molar-refractivity contribution >= 4 is 50.9 Å². The van der Waals surface area contributed by atoms with E-state index in [0.717, 1.165) is 21.8 Å². The Morgan fingerprint density at radius 1 is 1.23 bits per heavy atom. The van der Waals surface area contributed by atoms with E-state index in [1.807, 2.05) is 32.9 Å². The van der Waals surface area contributed by atoms with E-state index < -0.39 is 11.6 Å². The van der Waals surface area contributed by atoms with Crippen molar-refractivity contribution in [1.82, 2.24) is 30.2 Å². The zero-order valence-electron chi connectivity index (χ0n) is 22.6. The van der Waals surface area contributed by atoms with Gasteiger partial charge >= 0.3 is 0 Å². The molecule has 2 atom stereocenters. The fourth-order valence-electron chi connectivity index (χ4n) is 5.24. The van der Waals surface area contributed by atoms with Gasteiger partial charge in [-0.1, -0.05) is 11.6 Å². The molecular formula is C28H32ClN7O3. The van der Waals surface area contributed by atoms with Gasteiger partial charge in [-0.15, -0.1) is 0 Å². The summed E-state index contributed by atoms with van der Waals surface area (Å²) in [5, 5.41) is 8.50. The molecule has 4 heterocycles. The molecule has 0 aliphatic carbocycles. The summed E-state index contributed by atoms with van der Waals surface area (Å²) in [6.45, 7) is 10.7. The molecule has 0 spiro atoms. The van der Waals surface area contributed by atoms with E-state index in [0.29, 0.717) is 40.8 Å². The summed E-state index contributed by atoms with van der Waals surface area (Å²) in [5.74, 6) is -0.450. The predicted molar refractivity (Wildman–Crippen MR) is 151 cm³/mol. The first-order valence-corrected chi connectivity index (χ1v) is 13.2. The van der Waals surface area contributed by atoms with E-state index in [9.17, 15) is 9.59 Å². The lowest BCUT2D eigenvalue weighted by Crippen LogP contribution is -2.60. The number of nitrogens with zero attached hydrogens (tertiary/aromatic N) is 4. The number of ether oxygens (including phenoxy) is 1. The molecule has 3 aromatic heterocycles. The lowest BCUT2D eigenvalue weighted by molar-refractivity contribution is -0.143. The van der Waals surface area contributed by atoms with Gasteiger partial charge in [-0.2, -0.15) is 0 Å². The number of amides is 2. The number of hydrogen-bond donors (Lipinski definition) is 3. The van der Waals surface area contributed by atoms with Gasteiger partial charge in [0.15, 0.2) is 0 Å². The van der Waals surface area contributed by atoms with Crippen LogP contribution >= 0.6 is 11.6 Å². The Balaban J connectivity index is 1.36. The van der Waals surface area contributed by atoms with Crippen LogP contribution in [0.25, 0.3) is 21.8 Å². The number of pyridine rings is 1. The first-order valence-electron chi connectivity index (χ1n) is 12.9. The number of fused-ring (bicyclic) bond motifs is 3. The van der Waals surface area contributed by atoms with E-state index >= 15 is 0 Å². The molecule has 1 aliphatic rings. The van der Waals surface area contributed by atoms with Crippen LogP contribution < -0.4 is 10.6 Å². The highest BCUT2D eigenvalue weighted by atomic mass is 35.5. The maximum absolute atomic E-state index is 13.7. The Labute approximate surface area is 231 Å². The molecule has 10 nitrogen and oxygen atoms in total. The van der Waals surface area contributed by atoms with E-state index in [-0.39, 0.29) is 24.5 Å². The molecule has 1 fully saturated rings. The molecule has 1 saturated heterocycles. The van der Waals surface area contributed by atoms with Crippen molar-refractivity contribution in [2.75, 3.05) is 25.0 Å². The van der Waals surface area contributed by atoms with Crippen molar-refractivity contribution in [3.05, 3.63) is 58.9 Å². The van der Waals surface area contributed by atoms with Gasteiger partial charge in [-0.3, -0.25) is 19.5 Å². The minimum Gasteiger partial charge on any atom is -0.372 e. The second-order valence-electron chi connectivity index (χ2n) is 10.7. The zero-order valence-corrected chi connectivity index (χ0v) is 23.4. The Hall–Kier alpha value is -3.60. The standard InChI is InChI=1S/C28H32ClN7O3/c1-15(33-27(38)24-16(2)31-14-32-17(24)3)11-36-13-28(4,5)39-12-23(36)26(37)35-21-9-18(29)8-20-19-6-7-30-10-22(19)34-25(20)21/h6-10,14-15,23,34H,11-13H2,1-5H3,(H,33,38)(H,35,37)/t15-,23?/m0/s1. The number of aromatic nitrogens is 4. The van der Waals surface area contributed by atoms with Crippen molar-refractivity contribution < 1.29 is 14.3 Å². The zero-order chi connectivity index (χ0) is 27.9. The molecule has 0 bridgehead atoms. The maximum Gasteiger partial charge on any atom is 0.255 e. The average Bonchev–Trinajstić information content (AvgIpc) is 3.22. The lowest BCUT2D eigenvalue weighted by Gasteiger charge is -2.43. The van der Waals surface area contributed by atoms with Gasteiger partial charge in [0, 0.05) is 41.1 Å². The molecule has 1 unspecified atom stereocenters. The quantitative estimate of drug-likeness (QED) is 0.332. The summed E-state index contributed by atoms with van der Waals surface area (Å²) in [4.78, 5) is 44.6. The lowest BCUT2D eigenvalue weighted by atomic mass is 10.0. The van der Waals surface area contributed by atoms with E-state index in [2.05, 4.69) is 35.5 Å². The van der Waals surface area contributed by atoms with E-state index in [1.165, 1.54) is 6.33 Å². The number of carbonyl (C=O) groups excluding carboxylic acids is 2. The molecule has 1 aromatic carbocycles. The molecular weight excluding hydrogens is 518 g/mol. The average molecular weight is 550 g/mol. The van der Waals surface area contributed by atoms with Gasteiger partial charge in [0.05, 0.1) is 52.1 Å². The third-order valence-corrected chi connectivity index (χ3v) is 7.25. The molecule has 1 aliphatic heterocycles. The van der Waals surface area contributed by atoms with Crippen LogP contribution in [0, 0.1) is 13.8 Å². The Morgan fingerprint density at radius 3 is 2.72 bits per heavy atom. The van der Waals surface area contributed by atoms with Crippen molar-refractivity contribution in [1.29, 1.82) is 0 Å². The first kappa shape index (κ1) is 27.0. The van der Waals surface area contributed by atoms with Crippen LogP contribution in [-0.2, 0) is 9.53 Å². The number of morpholine rings is 1. The minimum absolute atomic E-state index is 0.213. The van der Waals surface area contributed by atoms with Gasteiger partial charge in [-0.05, 0) is 52.8 Å². The highest BCUT2D eigenvalue weighted by Gasteiger charge is 2.38. The molecule has 0 radical (unpaired) electrons. The van der Waals surface area contributed by atoms with Crippen LogP contribution in [-0.4, -0.2) is 74.0 Å². The Morgan fingerprint density at radius 2 is 1.97 bits per heavy atom. The van der Waals surface area contributed by atoms with Crippen LogP contribution in [0.15, 0.2) is 36.9 Å². The van der Waals surface area contributed by atoms with Gasteiger partial charge in [0.1, 0.15) is 12.4 Å². The number of H-pyrrole nitrogens is 1. The molecule has 2 amide bonds. The van der Waals surface area contributed by atoms with Crippen LogP contribution in [0.3, 0.4) is 0 Å². The second-order valence-corrected chi connectivity index (χ2v) is 11.2. The molecule has 3 N–H and O–H groups in total. The molecule has 5 rings (SSSR count).